The van der Waals surface area contributed by atoms with Crippen LogP contribution < -0.4 is 5.32 Å². The number of hydrogen-bond acceptors (Lipinski definition) is 2. The van der Waals surface area contributed by atoms with E-state index in [0.29, 0.717) is 6.42 Å². The standard InChI is InChI=1S/C16H20FNO/c1-2-18-14(9-10-15-7-5-11-19-15)12-13-6-3-4-8-16(13)17/h3-8,11,14,18H,2,9-10,12H2,1H3. The summed E-state index contributed by atoms with van der Waals surface area (Å²) in [5.74, 6) is 0.861. The number of aryl methyl sites for hydroxylation is 1. The molecule has 2 aromatic rings. The topological polar surface area (TPSA) is 25.2 Å². The molecule has 0 radical (unpaired) electrons. The maximum Gasteiger partial charge on any atom is 0.126 e. The van der Waals surface area contributed by atoms with Crippen LogP contribution in [0.2, 0.25) is 0 Å². The zero-order chi connectivity index (χ0) is 13.5. The smallest absolute Gasteiger partial charge is 0.126 e. The highest BCUT2D eigenvalue weighted by atomic mass is 19.1. The minimum atomic E-state index is -0.122. The molecule has 0 aliphatic heterocycles. The van der Waals surface area contributed by atoms with Gasteiger partial charge in [0.25, 0.3) is 0 Å². The zero-order valence-corrected chi connectivity index (χ0v) is 11.2. The number of halogens is 1. The number of furan rings is 1. The maximum absolute atomic E-state index is 13.7. The predicted molar refractivity (Wildman–Crippen MR) is 74.6 cm³/mol. The number of likely N-dealkylation sites (N-methyl/N-ethyl adjacent to an activating group) is 1. The van der Waals surface area contributed by atoms with Crippen molar-refractivity contribution in [2.45, 2.75) is 32.2 Å². The minimum Gasteiger partial charge on any atom is -0.469 e. The predicted octanol–water partition coefficient (Wildman–Crippen LogP) is 3.57. The van der Waals surface area contributed by atoms with Crippen molar-refractivity contribution in [3.05, 3.63) is 59.8 Å². The molecule has 2 nitrogen and oxygen atoms in total. The molecular formula is C16H20FNO. The molecule has 0 amide bonds. The van der Waals surface area contributed by atoms with Crippen molar-refractivity contribution in [3.63, 3.8) is 0 Å². The first kappa shape index (κ1) is 13.8. The molecule has 0 fully saturated rings. The molecule has 1 heterocycles. The van der Waals surface area contributed by atoms with Gasteiger partial charge in [0.05, 0.1) is 6.26 Å². The molecule has 0 saturated heterocycles. The number of rotatable bonds is 7. The average Bonchev–Trinajstić information content (AvgIpc) is 2.92. The van der Waals surface area contributed by atoms with Crippen LogP contribution >= 0.6 is 0 Å². The second-order valence-electron chi connectivity index (χ2n) is 4.67. The van der Waals surface area contributed by atoms with Gasteiger partial charge in [0, 0.05) is 12.5 Å². The van der Waals surface area contributed by atoms with Crippen molar-refractivity contribution in [2.75, 3.05) is 6.54 Å². The van der Waals surface area contributed by atoms with Crippen molar-refractivity contribution in [3.8, 4) is 0 Å². The Balaban J connectivity index is 1.94. The lowest BCUT2D eigenvalue weighted by Gasteiger charge is -2.17. The summed E-state index contributed by atoms with van der Waals surface area (Å²) in [7, 11) is 0. The molecule has 0 aliphatic carbocycles. The summed E-state index contributed by atoms with van der Waals surface area (Å²) in [6.07, 6.45) is 4.21. The van der Waals surface area contributed by atoms with E-state index in [1.807, 2.05) is 24.3 Å². The number of nitrogens with one attached hydrogen (secondary N) is 1. The highest BCUT2D eigenvalue weighted by Crippen LogP contribution is 2.13. The van der Waals surface area contributed by atoms with Crippen LogP contribution in [0.5, 0.6) is 0 Å². The summed E-state index contributed by atoms with van der Waals surface area (Å²) < 4.78 is 19.0. The van der Waals surface area contributed by atoms with Crippen molar-refractivity contribution < 1.29 is 8.81 Å². The summed E-state index contributed by atoms with van der Waals surface area (Å²) >= 11 is 0. The summed E-state index contributed by atoms with van der Waals surface area (Å²) in [6.45, 7) is 2.96. The Morgan fingerprint density at radius 2 is 2.05 bits per heavy atom. The van der Waals surface area contributed by atoms with Crippen LogP contribution in [0.4, 0.5) is 4.39 Å². The van der Waals surface area contributed by atoms with Crippen molar-refractivity contribution in [1.29, 1.82) is 0 Å². The summed E-state index contributed by atoms with van der Waals surface area (Å²) in [5.41, 5.74) is 0.771. The van der Waals surface area contributed by atoms with Crippen LogP contribution in [-0.4, -0.2) is 12.6 Å². The second kappa shape index (κ2) is 7.10. The van der Waals surface area contributed by atoms with E-state index >= 15 is 0 Å². The third kappa shape index (κ3) is 4.21. The van der Waals surface area contributed by atoms with Gasteiger partial charge in [0.15, 0.2) is 0 Å². The Labute approximate surface area is 113 Å². The SMILES string of the molecule is CCNC(CCc1ccco1)Cc1ccccc1F. The van der Waals surface area contributed by atoms with Gasteiger partial charge < -0.3 is 9.73 Å². The van der Waals surface area contributed by atoms with Gasteiger partial charge in [-0.3, -0.25) is 0 Å². The summed E-state index contributed by atoms with van der Waals surface area (Å²) in [6, 6.07) is 11.1. The van der Waals surface area contributed by atoms with E-state index in [9.17, 15) is 4.39 Å². The minimum absolute atomic E-state index is 0.122. The Morgan fingerprint density at radius 3 is 2.74 bits per heavy atom. The fourth-order valence-electron chi connectivity index (χ4n) is 2.27. The lowest BCUT2D eigenvalue weighted by atomic mass is 10.0. The van der Waals surface area contributed by atoms with E-state index in [0.717, 1.165) is 30.7 Å². The first-order chi connectivity index (χ1) is 9.29. The van der Waals surface area contributed by atoms with Gasteiger partial charge in [0.1, 0.15) is 11.6 Å². The molecule has 0 aliphatic rings. The van der Waals surface area contributed by atoms with Crippen molar-refractivity contribution in [2.24, 2.45) is 0 Å². The first-order valence-corrected chi connectivity index (χ1v) is 6.78. The monoisotopic (exact) mass is 261 g/mol. The Hall–Kier alpha value is -1.61. The van der Waals surface area contributed by atoms with Gasteiger partial charge in [-0.1, -0.05) is 25.1 Å². The van der Waals surface area contributed by atoms with E-state index < -0.39 is 0 Å². The molecule has 1 aromatic carbocycles. The van der Waals surface area contributed by atoms with Crippen LogP contribution in [0.15, 0.2) is 47.1 Å². The van der Waals surface area contributed by atoms with E-state index in [2.05, 4.69) is 12.2 Å². The zero-order valence-electron chi connectivity index (χ0n) is 11.2. The van der Waals surface area contributed by atoms with Gasteiger partial charge in [0.2, 0.25) is 0 Å². The van der Waals surface area contributed by atoms with Crippen LogP contribution in [0, 0.1) is 5.82 Å². The molecule has 1 N–H and O–H groups in total. The van der Waals surface area contributed by atoms with E-state index in [1.165, 1.54) is 6.07 Å². The third-order valence-corrected chi connectivity index (χ3v) is 3.24. The lowest BCUT2D eigenvalue weighted by molar-refractivity contribution is 0.443. The highest BCUT2D eigenvalue weighted by molar-refractivity contribution is 5.18. The van der Waals surface area contributed by atoms with Gasteiger partial charge in [-0.05, 0) is 43.1 Å². The molecule has 1 aromatic heterocycles. The van der Waals surface area contributed by atoms with E-state index in [1.54, 1.807) is 12.3 Å². The normalized spacial score (nSPS) is 12.5. The molecule has 102 valence electrons. The average molecular weight is 261 g/mol. The Kier molecular flexibility index (Phi) is 5.16. The molecule has 1 atom stereocenters. The Bertz CT molecular complexity index is 481. The fraction of sp³-hybridized carbons (Fsp3) is 0.375. The van der Waals surface area contributed by atoms with Crippen LogP contribution in [0.3, 0.4) is 0 Å². The molecule has 0 saturated carbocycles. The second-order valence-corrected chi connectivity index (χ2v) is 4.67. The van der Waals surface area contributed by atoms with Gasteiger partial charge in [-0.2, -0.15) is 0 Å². The number of hydrogen-bond donors (Lipinski definition) is 1. The molecule has 1 unspecified atom stereocenters. The van der Waals surface area contributed by atoms with Crippen molar-refractivity contribution in [1.82, 2.24) is 5.32 Å². The molecule has 19 heavy (non-hydrogen) atoms. The van der Waals surface area contributed by atoms with Crippen LogP contribution in [-0.2, 0) is 12.8 Å². The van der Waals surface area contributed by atoms with Gasteiger partial charge in [-0.25, -0.2) is 4.39 Å². The molecular weight excluding hydrogens is 241 g/mol. The van der Waals surface area contributed by atoms with Crippen LogP contribution in [0.1, 0.15) is 24.7 Å². The van der Waals surface area contributed by atoms with E-state index in [4.69, 9.17) is 4.42 Å². The summed E-state index contributed by atoms with van der Waals surface area (Å²) in [4.78, 5) is 0. The van der Waals surface area contributed by atoms with E-state index in [-0.39, 0.29) is 11.9 Å². The third-order valence-electron chi connectivity index (χ3n) is 3.24. The van der Waals surface area contributed by atoms with Crippen molar-refractivity contribution >= 4 is 0 Å². The quantitative estimate of drug-likeness (QED) is 0.824. The molecule has 0 bridgehead atoms. The number of benzene rings is 1. The maximum atomic E-state index is 13.7. The fourth-order valence-corrected chi connectivity index (χ4v) is 2.27. The largest absolute Gasteiger partial charge is 0.469 e. The van der Waals surface area contributed by atoms with Gasteiger partial charge >= 0.3 is 0 Å². The summed E-state index contributed by atoms with van der Waals surface area (Å²) in [5, 5.41) is 3.41. The lowest BCUT2D eigenvalue weighted by Crippen LogP contribution is -2.31. The molecule has 0 spiro atoms. The van der Waals surface area contributed by atoms with Crippen LogP contribution in [0.25, 0.3) is 0 Å². The first-order valence-electron chi connectivity index (χ1n) is 6.78. The Morgan fingerprint density at radius 1 is 1.21 bits per heavy atom. The molecule has 3 heteroatoms. The van der Waals surface area contributed by atoms with Gasteiger partial charge in [-0.15, -0.1) is 0 Å². The highest BCUT2D eigenvalue weighted by Gasteiger charge is 2.12. The molecule has 2 rings (SSSR count).